The molecule has 0 radical (unpaired) electrons. The van der Waals surface area contributed by atoms with Gasteiger partial charge in [0.05, 0.1) is 10.5 Å². The van der Waals surface area contributed by atoms with Crippen LogP contribution >= 0.6 is 11.8 Å². The number of nitrogens with one attached hydrogen (secondary N) is 1. The van der Waals surface area contributed by atoms with E-state index in [0.717, 1.165) is 30.0 Å². The zero-order valence-electron chi connectivity index (χ0n) is 20.3. The molecule has 0 saturated heterocycles. The Labute approximate surface area is 222 Å². The monoisotopic (exact) mass is 601 g/mol. The van der Waals surface area contributed by atoms with Gasteiger partial charge < -0.3 is 9.88 Å². The number of alkyl halides is 7. The number of hydrogen-bond acceptors (Lipinski definition) is 6. The summed E-state index contributed by atoms with van der Waals surface area (Å²) in [5.74, 6) is -18.4. The number of benzene rings is 2. The van der Waals surface area contributed by atoms with Crippen LogP contribution in [0.1, 0.15) is 36.7 Å². The lowest BCUT2D eigenvalue weighted by Gasteiger charge is -2.28. The van der Waals surface area contributed by atoms with Crippen molar-refractivity contribution in [2.45, 2.75) is 54.4 Å². The summed E-state index contributed by atoms with van der Waals surface area (Å²) >= 11 is 0.782. The van der Waals surface area contributed by atoms with E-state index in [1.807, 2.05) is 0 Å². The van der Waals surface area contributed by atoms with E-state index in [9.17, 15) is 54.4 Å². The lowest BCUT2D eigenvalue weighted by molar-refractivity contribution is -0.384. The molecule has 0 fully saturated rings. The summed E-state index contributed by atoms with van der Waals surface area (Å²) < 4.78 is 123. The van der Waals surface area contributed by atoms with Gasteiger partial charge in [-0.1, -0.05) is 0 Å². The van der Waals surface area contributed by atoms with Crippen LogP contribution in [0.5, 0.6) is 0 Å². The predicted molar refractivity (Wildman–Crippen MR) is 121 cm³/mol. The molecule has 0 bridgehead atoms. The second-order valence-corrected chi connectivity index (χ2v) is 10.1. The summed E-state index contributed by atoms with van der Waals surface area (Å²) in [6.07, 6.45) is -5.40. The summed E-state index contributed by atoms with van der Waals surface area (Å²) in [6, 6.07) is 1.88. The maximum atomic E-state index is 14.6. The summed E-state index contributed by atoms with van der Waals surface area (Å²) in [6.45, 7) is 5.35. The van der Waals surface area contributed by atoms with Crippen LogP contribution in [0.2, 0.25) is 0 Å². The molecule has 2 aromatic carbocycles. The standard InChI is InChI=1S/C22H16F9N5O3S/c1-19(2,3)35-9-32-34-18(35)40-15-5-4-11(36(38)39)8-12(15)17(37)33-16-13(23)6-10(7-14(16)24)20(25,26)21(27,28)22(29,30)31/h4-9H,1-3H3,(H,33,37). The normalized spacial score (nSPS) is 12.9. The Hall–Kier alpha value is -3.83. The van der Waals surface area contributed by atoms with Crippen molar-refractivity contribution in [1.29, 1.82) is 0 Å². The number of halogens is 9. The number of nitrogens with zero attached hydrogens (tertiary/aromatic N) is 4. The van der Waals surface area contributed by atoms with Crippen molar-refractivity contribution < 1.29 is 49.2 Å². The Kier molecular flexibility index (Phi) is 7.90. The topological polar surface area (TPSA) is 103 Å². The van der Waals surface area contributed by atoms with E-state index in [4.69, 9.17) is 0 Å². The first-order valence-electron chi connectivity index (χ1n) is 10.7. The van der Waals surface area contributed by atoms with E-state index in [1.165, 1.54) is 6.33 Å². The van der Waals surface area contributed by atoms with Gasteiger partial charge >= 0.3 is 18.0 Å². The average molecular weight is 601 g/mol. The SMILES string of the molecule is CC(C)(C)n1cnnc1Sc1ccc([N+](=O)[O-])cc1C(=O)Nc1c(F)cc(C(F)(F)C(F)(F)C(F)(F)F)cc1F. The summed E-state index contributed by atoms with van der Waals surface area (Å²) in [4.78, 5) is 23.3. The van der Waals surface area contributed by atoms with Gasteiger partial charge in [-0.05, 0) is 50.7 Å². The van der Waals surface area contributed by atoms with Crippen molar-refractivity contribution in [3.05, 3.63) is 69.5 Å². The molecular formula is C22H16F9N5O3S. The zero-order chi connectivity index (χ0) is 30.4. The minimum atomic E-state index is -6.76. The van der Waals surface area contributed by atoms with E-state index in [0.29, 0.717) is 0 Å². The van der Waals surface area contributed by atoms with Gasteiger partial charge in [-0.3, -0.25) is 14.9 Å². The van der Waals surface area contributed by atoms with E-state index in [1.54, 1.807) is 30.7 Å². The molecule has 0 spiro atoms. The number of amides is 1. The lowest BCUT2D eigenvalue weighted by Crippen LogP contribution is -2.50. The first-order valence-corrected chi connectivity index (χ1v) is 11.5. The molecule has 8 nitrogen and oxygen atoms in total. The third-order valence-corrected chi connectivity index (χ3v) is 6.29. The zero-order valence-corrected chi connectivity index (χ0v) is 21.1. The van der Waals surface area contributed by atoms with Gasteiger partial charge in [0.25, 0.3) is 11.6 Å². The van der Waals surface area contributed by atoms with Gasteiger partial charge in [0.15, 0.2) is 5.16 Å². The van der Waals surface area contributed by atoms with Crippen LogP contribution in [0.15, 0.2) is 46.7 Å². The minimum Gasteiger partial charge on any atom is -0.317 e. The number of nitro groups is 1. The number of rotatable bonds is 7. The molecule has 1 aromatic heterocycles. The van der Waals surface area contributed by atoms with Crippen molar-refractivity contribution in [2.75, 3.05) is 5.32 Å². The predicted octanol–water partition coefficient (Wildman–Crippen LogP) is 6.91. The first-order chi connectivity index (χ1) is 18.2. The Morgan fingerprint density at radius 2 is 1.57 bits per heavy atom. The van der Waals surface area contributed by atoms with Gasteiger partial charge in [0, 0.05) is 28.1 Å². The van der Waals surface area contributed by atoms with Gasteiger partial charge in [-0.25, -0.2) is 8.78 Å². The quantitative estimate of drug-likeness (QED) is 0.179. The number of non-ortho nitro benzene ring substituents is 1. The van der Waals surface area contributed by atoms with Gasteiger partial charge in [0.2, 0.25) is 0 Å². The van der Waals surface area contributed by atoms with Crippen LogP contribution in [0, 0.1) is 21.7 Å². The lowest BCUT2D eigenvalue weighted by atomic mass is 10.0. The molecule has 1 amide bonds. The van der Waals surface area contributed by atoms with Crippen LogP contribution in [0.25, 0.3) is 0 Å². The molecule has 0 aliphatic rings. The molecule has 216 valence electrons. The van der Waals surface area contributed by atoms with Crippen molar-refractivity contribution in [2.24, 2.45) is 0 Å². The molecule has 18 heteroatoms. The van der Waals surface area contributed by atoms with Crippen LogP contribution in [-0.2, 0) is 11.5 Å². The van der Waals surface area contributed by atoms with Crippen LogP contribution < -0.4 is 5.32 Å². The third-order valence-electron chi connectivity index (χ3n) is 5.25. The Balaban J connectivity index is 2.03. The Morgan fingerprint density at radius 1 is 1.00 bits per heavy atom. The van der Waals surface area contributed by atoms with Crippen molar-refractivity contribution >= 4 is 29.0 Å². The Morgan fingerprint density at radius 3 is 2.08 bits per heavy atom. The fourth-order valence-electron chi connectivity index (χ4n) is 3.16. The molecule has 0 aliphatic carbocycles. The first kappa shape index (κ1) is 30.7. The summed E-state index contributed by atoms with van der Waals surface area (Å²) in [7, 11) is 0. The number of carbonyl (C=O) groups excluding carboxylic acids is 1. The van der Waals surface area contributed by atoms with E-state index in [2.05, 4.69) is 10.2 Å². The summed E-state index contributed by atoms with van der Waals surface area (Å²) in [5, 5.41) is 20.7. The molecule has 0 aliphatic heterocycles. The highest BCUT2D eigenvalue weighted by atomic mass is 32.2. The number of aromatic nitrogens is 3. The second-order valence-electron chi connectivity index (χ2n) is 9.11. The van der Waals surface area contributed by atoms with E-state index >= 15 is 0 Å². The molecule has 0 saturated carbocycles. The largest absolute Gasteiger partial charge is 0.460 e. The van der Waals surface area contributed by atoms with E-state index < -0.39 is 80.7 Å². The minimum absolute atomic E-state index is 0.0320. The number of hydrogen-bond donors (Lipinski definition) is 1. The maximum Gasteiger partial charge on any atom is 0.460 e. The smallest absolute Gasteiger partial charge is 0.317 e. The van der Waals surface area contributed by atoms with Crippen LogP contribution in [-0.4, -0.2) is 37.7 Å². The molecule has 1 N–H and O–H groups in total. The number of anilines is 1. The second kappa shape index (κ2) is 10.3. The van der Waals surface area contributed by atoms with E-state index in [-0.39, 0.29) is 10.1 Å². The van der Waals surface area contributed by atoms with Gasteiger partial charge in [-0.2, -0.15) is 30.7 Å². The molecule has 3 rings (SSSR count). The molecule has 0 unspecified atom stereocenters. The molecular weight excluding hydrogens is 585 g/mol. The highest BCUT2D eigenvalue weighted by Gasteiger charge is 2.73. The fourth-order valence-corrected chi connectivity index (χ4v) is 4.27. The highest BCUT2D eigenvalue weighted by molar-refractivity contribution is 7.99. The van der Waals surface area contributed by atoms with Crippen LogP contribution in [0.4, 0.5) is 50.9 Å². The van der Waals surface area contributed by atoms with Crippen molar-refractivity contribution in [1.82, 2.24) is 14.8 Å². The third kappa shape index (κ3) is 5.71. The summed E-state index contributed by atoms with van der Waals surface area (Å²) in [5.41, 5.74) is -5.57. The molecule has 3 aromatic rings. The molecule has 1 heterocycles. The maximum absolute atomic E-state index is 14.6. The number of nitro benzene ring substituents is 1. The van der Waals surface area contributed by atoms with Crippen molar-refractivity contribution in [3.8, 4) is 0 Å². The van der Waals surface area contributed by atoms with Crippen LogP contribution in [0.3, 0.4) is 0 Å². The Bertz CT molecular complexity index is 1450. The number of carbonyl (C=O) groups is 1. The average Bonchev–Trinajstić information content (AvgIpc) is 3.29. The molecule has 40 heavy (non-hydrogen) atoms. The van der Waals surface area contributed by atoms with Gasteiger partial charge in [-0.15, -0.1) is 10.2 Å². The highest BCUT2D eigenvalue weighted by Crippen LogP contribution is 2.52. The molecule has 0 atom stereocenters. The van der Waals surface area contributed by atoms with Crippen molar-refractivity contribution in [3.63, 3.8) is 0 Å². The van der Waals surface area contributed by atoms with Gasteiger partial charge in [0.1, 0.15) is 23.6 Å². The fraction of sp³-hybridized carbons (Fsp3) is 0.318.